The molecule has 6 heteroatoms. The molecule has 0 atom stereocenters. The summed E-state index contributed by atoms with van der Waals surface area (Å²) < 4.78 is 7.37. The normalized spacial score (nSPS) is 14.1. The van der Waals surface area contributed by atoms with Crippen molar-refractivity contribution in [2.45, 2.75) is 49.4 Å². The number of carbonyl (C=O) groups is 1. The highest BCUT2D eigenvalue weighted by atomic mass is 35.5. The average Bonchev–Trinajstić information content (AvgIpc) is 3.53. The van der Waals surface area contributed by atoms with Crippen molar-refractivity contribution in [1.82, 2.24) is 9.78 Å². The Morgan fingerprint density at radius 3 is 2.47 bits per heavy atom. The van der Waals surface area contributed by atoms with Gasteiger partial charge in [-0.25, -0.2) is 4.79 Å². The molecular formula is C26H27ClN2O2S. The Morgan fingerprint density at radius 2 is 1.84 bits per heavy atom. The van der Waals surface area contributed by atoms with Crippen molar-refractivity contribution in [3.05, 3.63) is 71.4 Å². The van der Waals surface area contributed by atoms with Crippen LogP contribution in [0.4, 0.5) is 0 Å². The summed E-state index contributed by atoms with van der Waals surface area (Å²) in [6.07, 6.45) is 7.76. The Morgan fingerprint density at radius 1 is 1.16 bits per heavy atom. The maximum Gasteiger partial charge on any atom is 0.330 e. The predicted octanol–water partition coefficient (Wildman–Crippen LogP) is 7.29. The molecule has 0 aliphatic heterocycles. The van der Waals surface area contributed by atoms with Crippen LogP contribution in [-0.2, 0) is 9.53 Å². The maximum absolute atomic E-state index is 11.9. The van der Waals surface area contributed by atoms with E-state index in [-0.39, 0.29) is 11.4 Å². The zero-order chi connectivity index (χ0) is 22.7. The molecule has 1 aliphatic rings. The van der Waals surface area contributed by atoms with Crippen LogP contribution < -0.4 is 0 Å². The van der Waals surface area contributed by atoms with Gasteiger partial charge in [0, 0.05) is 27.8 Å². The lowest BCUT2D eigenvalue weighted by molar-refractivity contribution is -0.140. The lowest BCUT2D eigenvalue weighted by atomic mass is 9.99. The quantitative estimate of drug-likeness (QED) is 0.271. The molecule has 3 aromatic rings. The fourth-order valence-corrected chi connectivity index (χ4v) is 4.13. The van der Waals surface area contributed by atoms with Crippen LogP contribution in [0, 0.1) is 5.41 Å². The van der Waals surface area contributed by atoms with Gasteiger partial charge in [-0.2, -0.15) is 5.10 Å². The Kier molecular flexibility index (Phi) is 6.77. The van der Waals surface area contributed by atoms with Crippen molar-refractivity contribution in [2.75, 3.05) is 6.61 Å². The number of ether oxygens (including phenoxy) is 1. The molecule has 166 valence electrons. The first-order valence-electron chi connectivity index (χ1n) is 10.7. The molecule has 4 rings (SSSR count). The SMILES string of the molecule is CC(C)(C)COC(=O)/C=C/c1ccc(-c2nn(C3CC3)cc2Sc2ccc(Cl)cc2)cc1. The topological polar surface area (TPSA) is 44.1 Å². The minimum Gasteiger partial charge on any atom is -0.462 e. The van der Waals surface area contributed by atoms with E-state index in [1.54, 1.807) is 17.8 Å². The van der Waals surface area contributed by atoms with Crippen LogP contribution in [0.5, 0.6) is 0 Å². The van der Waals surface area contributed by atoms with Gasteiger partial charge in [0.15, 0.2) is 0 Å². The second-order valence-corrected chi connectivity index (χ2v) is 10.8. The van der Waals surface area contributed by atoms with Gasteiger partial charge in [0.2, 0.25) is 0 Å². The Labute approximate surface area is 198 Å². The molecule has 0 spiro atoms. The fraction of sp³-hybridized carbons (Fsp3) is 0.308. The van der Waals surface area contributed by atoms with Gasteiger partial charge >= 0.3 is 5.97 Å². The summed E-state index contributed by atoms with van der Waals surface area (Å²) in [5.74, 6) is -0.325. The number of benzene rings is 2. The number of hydrogen-bond acceptors (Lipinski definition) is 4. The van der Waals surface area contributed by atoms with E-state index >= 15 is 0 Å². The van der Waals surface area contributed by atoms with Crippen LogP contribution in [0.25, 0.3) is 17.3 Å². The van der Waals surface area contributed by atoms with Gasteiger partial charge in [-0.1, -0.05) is 68.4 Å². The average molecular weight is 467 g/mol. The first kappa shape index (κ1) is 22.7. The fourth-order valence-electron chi connectivity index (χ4n) is 3.06. The van der Waals surface area contributed by atoms with Crippen LogP contribution in [0.1, 0.15) is 45.2 Å². The molecular weight excluding hydrogens is 440 g/mol. The molecule has 4 nitrogen and oxygen atoms in total. The van der Waals surface area contributed by atoms with E-state index in [0.29, 0.717) is 12.6 Å². The molecule has 0 N–H and O–H groups in total. The molecule has 1 heterocycles. The van der Waals surface area contributed by atoms with Crippen LogP contribution in [0.3, 0.4) is 0 Å². The van der Waals surface area contributed by atoms with Gasteiger partial charge < -0.3 is 4.74 Å². The first-order chi connectivity index (χ1) is 15.3. The van der Waals surface area contributed by atoms with Crippen molar-refractivity contribution in [3.8, 4) is 11.3 Å². The number of carbonyl (C=O) groups excluding carboxylic acids is 1. The standard InChI is InChI=1S/C26H27ClN2O2S/c1-26(2,3)17-31-24(30)15-6-18-4-7-19(8-5-18)25-23(16-29(28-25)21-11-12-21)32-22-13-9-20(27)10-14-22/h4-10,13-16,21H,11-12,17H2,1-3H3/b15-6+. The zero-order valence-electron chi connectivity index (χ0n) is 18.5. The molecule has 1 saturated carbocycles. The number of nitrogens with zero attached hydrogens (tertiary/aromatic N) is 2. The highest BCUT2D eigenvalue weighted by molar-refractivity contribution is 7.99. The summed E-state index contributed by atoms with van der Waals surface area (Å²) in [6.45, 7) is 6.50. The van der Waals surface area contributed by atoms with Crippen molar-refractivity contribution in [2.24, 2.45) is 5.41 Å². The van der Waals surface area contributed by atoms with Gasteiger partial charge in [-0.3, -0.25) is 4.68 Å². The molecule has 0 bridgehead atoms. The van der Waals surface area contributed by atoms with Crippen molar-refractivity contribution in [3.63, 3.8) is 0 Å². The Balaban J connectivity index is 1.50. The van der Waals surface area contributed by atoms with Crippen LogP contribution in [-0.4, -0.2) is 22.4 Å². The van der Waals surface area contributed by atoms with Crippen molar-refractivity contribution < 1.29 is 9.53 Å². The number of halogens is 1. The summed E-state index contributed by atoms with van der Waals surface area (Å²) in [4.78, 5) is 14.2. The maximum atomic E-state index is 11.9. The minimum absolute atomic E-state index is 0.0449. The van der Waals surface area contributed by atoms with E-state index in [0.717, 1.165) is 31.6 Å². The highest BCUT2D eigenvalue weighted by Gasteiger charge is 2.26. The van der Waals surface area contributed by atoms with Gasteiger partial charge in [0.25, 0.3) is 0 Å². The second-order valence-electron chi connectivity index (χ2n) is 9.23. The van der Waals surface area contributed by atoms with Crippen LogP contribution in [0.2, 0.25) is 5.02 Å². The van der Waals surface area contributed by atoms with E-state index in [9.17, 15) is 4.79 Å². The lowest BCUT2D eigenvalue weighted by Gasteiger charge is -2.16. The van der Waals surface area contributed by atoms with E-state index in [4.69, 9.17) is 21.4 Å². The van der Waals surface area contributed by atoms with Gasteiger partial charge in [-0.15, -0.1) is 0 Å². The minimum atomic E-state index is -0.325. The summed E-state index contributed by atoms with van der Waals surface area (Å²) >= 11 is 7.73. The highest BCUT2D eigenvalue weighted by Crippen LogP contribution is 2.40. The molecule has 32 heavy (non-hydrogen) atoms. The van der Waals surface area contributed by atoms with E-state index in [2.05, 4.69) is 10.9 Å². The van der Waals surface area contributed by atoms with E-state index in [1.807, 2.05) is 69.3 Å². The van der Waals surface area contributed by atoms with E-state index < -0.39 is 0 Å². The summed E-state index contributed by atoms with van der Waals surface area (Å²) in [5.41, 5.74) is 2.91. The van der Waals surface area contributed by atoms with Gasteiger partial charge in [-0.05, 0) is 54.2 Å². The molecule has 1 fully saturated rings. The third-order valence-corrected chi connectivity index (χ3v) is 6.18. The third kappa shape index (κ3) is 6.27. The number of aromatic nitrogens is 2. The summed E-state index contributed by atoms with van der Waals surface area (Å²) in [7, 11) is 0. The van der Waals surface area contributed by atoms with Gasteiger partial charge in [0.05, 0.1) is 17.5 Å². The molecule has 2 aromatic carbocycles. The Bertz CT molecular complexity index is 1110. The number of hydrogen-bond donors (Lipinski definition) is 0. The monoisotopic (exact) mass is 466 g/mol. The molecule has 1 aliphatic carbocycles. The van der Waals surface area contributed by atoms with Gasteiger partial charge in [0.1, 0.15) is 5.69 Å². The summed E-state index contributed by atoms with van der Waals surface area (Å²) in [5, 5.41) is 5.62. The van der Waals surface area contributed by atoms with Crippen molar-refractivity contribution >= 4 is 35.4 Å². The molecule has 1 aromatic heterocycles. The largest absolute Gasteiger partial charge is 0.462 e. The summed E-state index contributed by atoms with van der Waals surface area (Å²) in [6, 6.07) is 16.5. The van der Waals surface area contributed by atoms with E-state index in [1.165, 1.54) is 18.9 Å². The molecule has 0 amide bonds. The number of rotatable bonds is 7. The molecule has 0 unspecified atom stereocenters. The first-order valence-corrected chi connectivity index (χ1v) is 11.9. The van der Waals surface area contributed by atoms with Crippen molar-refractivity contribution in [1.29, 1.82) is 0 Å². The second kappa shape index (κ2) is 9.55. The molecule has 0 saturated heterocycles. The third-order valence-electron chi connectivity index (χ3n) is 4.90. The van der Waals surface area contributed by atoms with Crippen LogP contribution in [0.15, 0.2) is 70.6 Å². The Hall–Kier alpha value is -2.50. The lowest BCUT2D eigenvalue weighted by Crippen LogP contribution is -2.17. The zero-order valence-corrected chi connectivity index (χ0v) is 20.1. The predicted molar refractivity (Wildman–Crippen MR) is 131 cm³/mol. The van der Waals surface area contributed by atoms with Crippen LogP contribution >= 0.6 is 23.4 Å². The number of esters is 1. The smallest absolute Gasteiger partial charge is 0.330 e. The molecule has 0 radical (unpaired) electrons.